The van der Waals surface area contributed by atoms with Crippen LogP contribution in [0.4, 0.5) is 10.1 Å². The molecule has 1 atom stereocenters. The Morgan fingerprint density at radius 1 is 0.867 bits per heavy atom. The molecule has 10 nitrogen and oxygen atoms in total. The minimum absolute atomic E-state index is 0.0243. The molecule has 0 heterocycles. The maximum absolute atomic E-state index is 13.7. The second kappa shape index (κ2) is 15.7. The van der Waals surface area contributed by atoms with Crippen LogP contribution in [0.25, 0.3) is 0 Å². The zero-order chi connectivity index (χ0) is 32.2. The summed E-state index contributed by atoms with van der Waals surface area (Å²) < 4.78 is 52.1. The summed E-state index contributed by atoms with van der Waals surface area (Å²) >= 11 is 0. The van der Waals surface area contributed by atoms with Crippen LogP contribution in [0, 0.1) is 5.82 Å². The molecule has 0 radical (unpaired) electrons. The van der Waals surface area contributed by atoms with Gasteiger partial charge < -0.3 is 24.8 Å². The summed E-state index contributed by atoms with van der Waals surface area (Å²) in [7, 11) is -2.41. The number of carbonyl (C=O) groups excluding carboxylic acids is 2. The average molecular weight is 636 g/mol. The molecule has 0 aromatic heterocycles. The van der Waals surface area contributed by atoms with Crippen LogP contribution in [0.2, 0.25) is 0 Å². The standard InChI is InChI=1S/C33H34FN3O7S/c1-43-28-13-7-25(8-14-28)22-37(31(33(40)35-19-20-38)21-24-5-3-2-4-6-24)32(39)23-44-29-15-17-30(18-16-29)45(41,42)36-27-11-9-26(34)10-12-27/h2-18,31,36,38H,19-23H2,1H3,(H,35,40). The van der Waals surface area contributed by atoms with Gasteiger partial charge in [-0.2, -0.15) is 0 Å². The number of sulfonamides is 1. The normalized spacial score (nSPS) is 11.7. The van der Waals surface area contributed by atoms with Gasteiger partial charge in [-0.25, -0.2) is 12.8 Å². The number of aliphatic hydroxyl groups excluding tert-OH is 1. The fourth-order valence-electron chi connectivity index (χ4n) is 4.45. The summed E-state index contributed by atoms with van der Waals surface area (Å²) in [6.07, 6.45) is 0.216. The van der Waals surface area contributed by atoms with Crippen LogP contribution in [0.15, 0.2) is 108 Å². The highest BCUT2D eigenvalue weighted by atomic mass is 32.2. The van der Waals surface area contributed by atoms with Crippen LogP contribution in [0.3, 0.4) is 0 Å². The summed E-state index contributed by atoms with van der Waals surface area (Å²) in [5.74, 6) is -0.537. The van der Waals surface area contributed by atoms with E-state index in [-0.39, 0.29) is 42.4 Å². The molecule has 3 N–H and O–H groups in total. The Morgan fingerprint density at radius 2 is 1.51 bits per heavy atom. The van der Waals surface area contributed by atoms with Crippen LogP contribution >= 0.6 is 0 Å². The van der Waals surface area contributed by atoms with E-state index in [2.05, 4.69) is 10.0 Å². The molecule has 4 aromatic rings. The van der Waals surface area contributed by atoms with E-state index in [1.165, 1.54) is 41.3 Å². The number of carbonyl (C=O) groups is 2. The van der Waals surface area contributed by atoms with Gasteiger partial charge in [-0.3, -0.25) is 14.3 Å². The van der Waals surface area contributed by atoms with Crippen molar-refractivity contribution in [1.82, 2.24) is 10.2 Å². The molecule has 0 spiro atoms. The SMILES string of the molecule is COc1ccc(CN(C(=O)COc2ccc(S(=O)(=O)Nc3ccc(F)cc3)cc2)C(Cc2ccccc2)C(=O)NCCO)cc1. The third kappa shape index (κ3) is 9.52. The van der Waals surface area contributed by atoms with Crippen molar-refractivity contribution in [2.45, 2.75) is 23.9 Å². The van der Waals surface area contributed by atoms with Crippen LogP contribution in [0.1, 0.15) is 11.1 Å². The number of aliphatic hydroxyl groups is 1. The largest absolute Gasteiger partial charge is 0.497 e. The first-order chi connectivity index (χ1) is 21.7. The fourth-order valence-corrected chi connectivity index (χ4v) is 5.51. The number of rotatable bonds is 15. The van der Waals surface area contributed by atoms with E-state index in [1.807, 2.05) is 30.3 Å². The first kappa shape index (κ1) is 33.0. The molecule has 4 aromatic carbocycles. The van der Waals surface area contributed by atoms with Gasteiger partial charge in [0, 0.05) is 25.2 Å². The molecule has 0 aliphatic carbocycles. The van der Waals surface area contributed by atoms with Crippen molar-refractivity contribution < 1.29 is 37.0 Å². The maximum atomic E-state index is 13.7. The fraction of sp³-hybridized carbons (Fsp3) is 0.212. The molecule has 0 aliphatic heterocycles. The number of halogens is 1. The lowest BCUT2D eigenvalue weighted by molar-refractivity contribution is -0.142. The second-order valence-corrected chi connectivity index (χ2v) is 11.6. The highest BCUT2D eigenvalue weighted by molar-refractivity contribution is 7.92. The van der Waals surface area contributed by atoms with E-state index in [0.29, 0.717) is 5.75 Å². The summed E-state index contributed by atoms with van der Waals surface area (Å²) in [4.78, 5) is 28.4. The Morgan fingerprint density at radius 3 is 2.13 bits per heavy atom. The van der Waals surface area contributed by atoms with E-state index in [0.717, 1.165) is 23.3 Å². The van der Waals surface area contributed by atoms with Gasteiger partial charge in [0.25, 0.3) is 15.9 Å². The highest BCUT2D eigenvalue weighted by Gasteiger charge is 2.30. The summed E-state index contributed by atoms with van der Waals surface area (Å²) in [6, 6.07) is 25.8. The minimum atomic E-state index is -3.96. The molecule has 1 unspecified atom stereocenters. The van der Waals surface area contributed by atoms with Crippen molar-refractivity contribution in [3.63, 3.8) is 0 Å². The molecular weight excluding hydrogens is 601 g/mol. The molecule has 45 heavy (non-hydrogen) atoms. The zero-order valence-corrected chi connectivity index (χ0v) is 25.4. The molecule has 0 bridgehead atoms. The molecule has 236 valence electrons. The van der Waals surface area contributed by atoms with E-state index in [9.17, 15) is 27.5 Å². The van der Waals surface area contributed by atoms with E-state index in [1.54, 1.807) is 31.4 Å². The van der Waals surface area contributed by atoms with Gasteiger partial charge in [0.1, 0.15) is 23.4 Å². The van der Waals surface area contributed by atoms with Gasteiger partial charge >= 0.3 is 0 Å². The van der Waals surface area contributed by atoms with Crippen LogP contribution in [-0.4, -0.2) is 63.1 Å². The number of hydrogen-bond acceptors (Lipinski definition) is 7. The van der Waals surface area contributed by atoms with Crippen molar-refractivity contribution in [3.05, 3.63) is 120 Å². The van der Waals surface area contributed by atoms with Crippen molar-refractivity contribution >= 4 is 27.5 Å². The predicted octanol–water partition coefficient (Wildman–Crippen LogP) is 3.76. The van der Waals surface area contributed by atoms with Gasteiger partial charge in [0.2, 0.25) is 5.91 Å². The summed E-state index contributed by atoms with van der Waals surface area (Å²) in [5, 5.41) is 12.0. The lowest BCUT2D eigenvalue weighted by atomic mass is 10.0. The van der Waals surface area contributed by atoms with Crippen molar-refractivity contribution in [3.8, 4) is 11.5 Å². The molecular formula is C33H34FN3O7S. The number of methoxy groups -OCH3 is 1. The number of nitrogens with zero attached hydrogens (tertiary/aromatic N) is 1. The average Bonchev–Trinajstić information content (AvgIpc) is 3.06. The molecule has 2 amide bonds. The Bertz CT molecular complexity index is 1650. The van der Waals surface area contributed by atoms with Gasteiger partial charge in [-0.1, -0.05) is 42.5 Å². The number of amides is 2. The third-order valence-electron chi connectivity index (χ3n) is 6.79. The second-order valence-electron chi connectivity index (χ2n) is 9.96. The smallest absolute Gasteiger partial charge is 0.261 e. The monoisotopic (exact) mass is 635 g/mol. The first-order valence-corrected chi connectivity index (χ1v) is 15.5. The van der Waals surface area contributed by atoms with Crippen molar-refractivity contribution in [2.75, 3.05) is 31.6 Å². The number of hydrogen-bond donors (Lipinski definition) is 3. The molecule has 0 aliphatic rings. The quantitative estimate of drug-likeness (QED) is 0.181. The molecule has 0 fully saturated rings. The predicted molar refractivity (Wildman–Crippen MR) is 167 cm³/mol. The summed E-state index contributed by atoms with van der Waals surface area (Å²) in [5.41, 5.74) is 1.79. The lowest BCUT2D eigenvalue weighted by Crippen LogP contribution is -2.52. The van der Waals surface area contributed by atoms with E-state index in [4.69, 9.17) is 9.47 Å². The number of anilines is 1. The maximum Gasteiger partial charge on any atom is 0.261 e. The van der Waals surface area contributed by atoms with Gasteiger partial charge in [-0.05, 0) is 71.8 Å². The topological polar surface area (TPSA) is 134 Å². The van der Waals surface area contributed by atoms with Gasteiger partial charge in [-0.15, -0.1) is 0 Å². The van der Waals surface area contributed by atoms with Crippen LogP contribution in [0.5, 0.6) is 11.5 Å². The first-order valence-electron chi connectivity index (χ1n) is 14.0. The molecule has 12 heteroatoms. The van der Waals surface area contributed by atoms with E-state index >= 15 is 0 Å². The molecule has 0 saturated carbocycles. The molecule has 4 rings (SSSR count). The van der Waals surface area contributed by atoms with Crippen molar-refractivity contribution in [1.29, 1.82) is 0 Å². The Hall–Kier alpha value is -4.94. The van der Waals surface area contributed by atoms with E-state index < -0.39 is 40.3 Å². The minimum Gasteiger partial charge on any atom is -0.497 e. The third-order valence-corrected chi connectivity index (χ3v) is 8.18. The number of ether oxygens (including phenoxy) is 2. The summed E-state index contributed by atoms with van der Waals surface area (Å²) in [6.45, 7) is -0.585. The lowest BCUT2D eigenvalue weighted by Gasteiger charge is -2.31. The van der Waals surface area contributed by atoms with Gasteiger partial charge in [0.15, 0.2) is 6.61 Å². The highest BCUT2D eigenvalue weighted by Crippen LogP contribution is 2.21. The molecule has 0 saturated heterocycles. The Balaban J connectivity index is 1.52. The zero-order valence-electron chi connectivity index (χ0n) is 24.6. The van der Waals surface area contributed by atoms with Gasteiger partial charge in [0.05, 0.1) is 18.6 Å². The van der Waals surface area contributed by atoms with Crippen LogP contribution in [-0.2, 0) is 32.6 Å². The number of benzene rings is 4. The van der Waals surface area contributed by atoms with Crippen molar-refractivity contribution in [2.24, 2.45) is 0 Å². The Kier molecular flexibility index (Phi) is 11.5. The van der Waals surface area contributed by atoms with Crippen LogP contribution < -0.4 is 19.5 Å². The number of nitrogens with one attached hydrogen (secondary N) is 2. The Labute approximate surface area is 261 Å².